The van der Waals surface area contributed by atoms with Gasteiger partial charge in [-0.25, -0.2) is 4.98 Å². The molecule has 0 spiro atoms. The molecule has 4 aromatic rings. The van der Waals surface area contributed by atoms with Crippen molar-refractivity contribution >= 4 is 44.9 Å². The van der Waals surface area contributed by atoms with Gasteiger partial charge in [0.1, 0.15) is 17.0 Å². The molecule has 0 aliphatic rings. The van der Waals surface area contributed by atoms with Gasteiger partial charge in [-0.15, -0.1) is 21.5 Å². The summed E-state index contributed by atoms with van der Waals surface area (Å²) in [5.74, 6) is 1.14. The maximum atomic E-state index is 12.6. The summed E-state index contributed by atoms with van der Waals surface area (Å²) in [5, 5.41) is 11.9. The normalized spacial score (nSPS) is 11.3. The van der Waals surface area contributed by atoms with E-state index in [-0.39, 0.29) is 5.56 Å². The van der Waals surface area contributed by atoms with Gasteiger partial charge in [0, 0.05) is 23.0 Å². The number of nitrogens with zero attached hydrogens (tertiary/aromatic N) is 4. The van der Waals surface area contributed by atoms with Crippen LogP contribution in [0.25, 0.3) is 21.3 Å². The van der Waals surface area contributed by atoms with E-state index >= 15 is 0 Å². The van der Waals surface area contributed by atoms with Crippen LogP contribution in [-0.2, 0) is 12.8 Å². The molecule has 0 atom stereocenters. The van der Waals surface area contributed by atoms with Gasteiger partial charge in [-0.3, -0.25) is 4.79 Å². The molecule has 0 amide bonds. The van der Waals surface area contributed by atoms with Crippen molar-refractivity contribution in [2.75, 3.05) is 0 Å². The fourth-order valence-corrected chi connectivity index (χ4v) is 4.29. The van der Waals surface area contributed by atoms with Crippen LogP contribution < -0.4 is 5.56 Å². The van der Waals surface area contributed by atoms with Crippen LogP contribution in [0.5, 0.6) is 0 Å². The maximum Gasteiger partial charge on any atom is 0.260 e. The minimum absolute atomic E-state index is 0.134. The molecule has 0 fully saturated rings. The first-order valence-corrected chi connectivity index (χ1v) is 9.59. The van der Waals surface area contributed by atoms with Crippen LogP contribution >= 0.6 is 34.7 Å². The number of thioether (sulfide) groups is 1. The van der Waals surface area contributed by atoms with Crippen LogP contribution in [0.4, 0.5) is 0 Å². The van der Waals surface area contributed by atoms with Crippen LogP contribution in [0.15, 0.2) is 45.9 Å². The largest absolute Gasteiger partial charge is 0.312 e. The van der Waals surface area contributed by atoms with Gasteiger partial charge >= 0.3 is 0 Å². The van der Waals surface area contributed by atoms with E-state index in [0.29, 0.717) is 22.0 Å². The highest BCUT2D eigenvalue weighted by molar-refractivity contribution is 7.98. The third kappa shape index (κ3) is 3.20. The van der Waals surface area contributed by atoms with Gasteiger partial charge in [0.25, 0.3) is 5.56 Å². The highest BCUT2D eigenvalue weighted by Crippen LogP contribution is 2.31. The lowest BCUT2D eigenvalue weighted by atomic mass is 10.1. The van der Waals surface area contributed by atoms with Gasteiger partial charge in [0.2, 0.25) is 0 Å². The van der Waals surface area contributed by atoms with Gasteiger partial charge in [-0.05, 0) is 17.7 Å². The van der Waals surface area contributed by atoms with Gasteiger partial charge < -0.3 is 9.55 Å². The Kier molecular flexibility index (Phi) is 4.32. The van der Waals surface area contributed by atoms with E-state index < -0.39 is 0 Å². The number of rotatable bonds is 4. The van der Waals surface area contributed by atoms with Gasteiger partial charge in [-0.1, -0.05) is 35.5 Å². The van der Waals surface area contributed by atoms with Crippen LogP contribution in [0.1, 0.15) is 5.82 Å². The minimum atomic E-state index is -0.134. The molecule has 3 heterocycles. The molecular formula is C16H12ClN5OS2. The third-order valence-corrected chi connectivity index (χ3v) is 5.83. The molecule has 0 saturated carbocycles. The predicted octanol–water partition coefficient (Wildman–Crippen LogP) is 3.73. The fraction of sp³-hybridized carbons (Fsp3) is 0.125. The summed E-state index contributed by atoms with van der Waals surface area (Å²) >= 11 is 8.88. The predicted molar refractivity (Wildman–Crippen MR) is 101 cm³/mol. The van der Waals surface area contributed by atoms with E-state index in [4.69, 9.17) is 11.6 Å². The monoisotopic (exact) mass is 389 g/mol. The number of benzene rings is 1. The average Bonchev–Trinajstić information content (AvgIpc) is 3.20. The van der Waals surface area contributed by atoms with E-state index in [1.807, 2.05) is 41.3 Å². The summed E-state index contributed by atoms with van der Waals surface area (Å²) in [6.07, 6.45) is 1.64. The van der Waals surface area contributed by atoms with E-state index in [0.717, 1.165) is 21.1 Å². The van der Waals surface area contributed by atoms with Crippen LogP contribution in [0.3, 0.4) is 0 Å². The minimum Gasteiger partial charge on any atom is -0.312 e. The molecule has 1 aromatic carbocycles. The molecule has 126 valence electrons. The summed E-state index contributed by atoms with van der Waals surface area (Å²) in [5.41, 5.74) is 1.69. The number of thiophene rings is 1. The molecule has 3 aromatic heterocycles. The van der Waals surface area contributed by atoms with Crippen molar-refractivity contribution in [3.63, 3.8) is 0 Å². The van der Waals surface area contributed by atoms with Crippen molar-refractivity contribution in [1.29, 1.82) is 0 Å². The Hall–Kier alpha value is -2.16. The zero-order valence-electron chi connectivity index (χ0n) is 13.1. The quantitative estimate of drug-likeness (QED) is 0.538. The van der Waals surface area contributed by atoms with Crippen molar-refractivity contribution in [3.05, 3.63) is 57.2 Å². The molecule has 1 N–H and O–H groups in total. The lowest BCUT2D eigenvalue weighted by molar-refractivity contribution is 0.787. The molecule has 0 radical (unpaired) electrons. The van der Waals surface area contributed by atoms with Crippen LogP contribution in [0.2, 0.25) is 5.02 Å². The maximum absolute atomic E-state index is 12.6. The Bertz CT molecular complexity index is 1100. The number of hydrogen-bond donors (Lipinski definition) is 1. The molecule has 9 heteroatoms. The molecule has 6 nitrogen and oxygen atoms in total. The number of aromatic nitrogens is 5. The lowest BCUT2D eigenvalue weighted by Crippen LogP contribution is -2.10. The fourth-order valence-electron chi connectivity index (χ4n) is 2.44. The number of hydrogen-bond acceptors (Lipinski definition) is 6. The first kappa shape index (κ1) is 16.3. The van der Waals surface area contributed by atoms with Crippen molar-refractivity contribution < 1.29 is 0 Å². The Morgan fingerprint density at radius 3 is 2.84 bits per heavy atom. The molecule has 0 saturated heterocycles. The Morgan fingerprint density at radius 1 is 1.32 bits per heavy atom. The molecule has 0 unspecified atom stereocenters. The highest BCUT2D eigenvalue weighted by Gasteiger charge is 2.13. The van der Waals surface area contributed by atoms with E-state index in [1.54, 1.807) is 6.33 Å². The summed E-state index contributed by atoms with van der Waals surface area (Å²) < 4.78 is 1.82. The van der Waals surface area contributed by atoms with Gasteiger partial charge in [0.15, 0.2) is 5.16 Å². The van der Waals surface area contributed by atoms with E-state index in [2.05, 4.69) is 20.2 Å². The summed E-state index contributed by atoms with van der Waals surface area (Å²) in [6, 6.07) is 7.43. The second-order valence-electron chi connectivity index (χ2n) is 5.36. The highest BCUT2D eigenvalue weighted by atomic mass is 35.5. The molecule has 25 heavy (non-hydrogen) atoms. The first-order chi connectivity index (χ1) is 12.1. The number of aromatic amines is 1. The smallest absolute Gasteiger partial charge is 0.260 e. The van der Waals surface area contributed by atoms with Gasteiger partial charge in [0.05, 0.1) is 11.1 Å². The van der Waals surface area contributed by atoms with E-state index in [1.165, 1.54) is 23.1 Å². The lowest BCUT2D eigenvalue weighted by Gasteiger charge is -2.02. The SMILES string of the molecule is Cn1cnnc1SCc1nc2scc(-c3ccc(Cl)cc3)c2c(=O)[nH]1. The Labute approximate surface area is 155 Å². The molecule has 4 rings (SSSR count). The van der Waals surface area contributed by atoms with Crippen molar-refractivity contribution in [3.8, 4) is 11.1 Å². The standard InChI is InChI=1S/C16H12ClN5OS2/c1-22-8-18-21-16(22)25-7-12-19-14(23)13-11(6-24-15(13)20-12)9-2-4-10(17)5-3-9/h2-6,8H,7H2,1H3,(H,19,20,23). The van der Waals surface area contributed by atoms with Crippen LogP contribution in [-0.4, -0.2) is 24.7 Å². The Morgan fingerprint density at radius 2 is 2.12 bits per heavy atom. The molecular weight excluding hydrogens is 378 g/mol. The second-order valence-corrected chi connectivity index (χ2v) is 7.60. The number of aryl methyl sites for hydroxylation is 1. The average molecular weight is 390 g/mol. The number of nitrogens with one attached hydrogen (secondary N) is 1. The van der Waals surface area contributed by atoms with Gasteiger partial charge in [-0.2, -0.15) is 0 Å². The molecule has 0 bridgehead atoms. The topological polar surface area (TPSA) is 76.5 Å². The van der Waals surface area contributed by atoms with Crippen molar-refractivity contribution in [2.45, 2.75) is 10.9 Å². The zero-order chi connectivity index (χ0) is 17.4. The number of halogens is 1. The van der Waals surface area contributed by atoms with E-state index in [9.17, 15) is 4.79 Å². The first-order valence-electron chi connectivity index (χ1n) is 7.35. The van der Waals surface area contributed by atoms with Crippen molar-refractivity contribution in [1.82, 2.24) is 24.7 Å². The number of fused-ring (bicyclic) bond motifs is 1. The summed E-state index contributed by atoms with van der Waals surface area (Å²) in [7, 11) is 1.87. The van der Waals surface area contributed by atoms with Crippen molar-refractivity contribution in [2.24, 2.45) is 7.05 Å². The summed E-state index contributed by atoms with van der Waals surface area (Å²) in [4.78, 5) is 20.8. The Balaban J connectivity index is 1.68. The summed E-state index contributed by atoms with van der Waals surface area (Å²) in [6.45, 7) is 0. The zero-order valence-corrected chi connectivity index (χ0v) is 15.5. The second kappa shape index (κ2) is 6.62. The number of H-pyrrole nitrogens is 1. The molecule has 0 aliphatic carbocycles. The van der Waals surface area contributed by atoms with Crippen LogP contribution in [0, 0.1) is 0 Å². The third-order valence-electron chi connectivity index (χ3n) is 3.66. The molecule has 0 aliphatic heterocycles.